The molecule has 0 spiro atoms. The Hall–Kier alpha value is -1.09. The highest BCUT2D eigenvalue weighted by molar-refractivity contribution is 8.00. The highest BCUT2D eigenvalue weighted by Crippen LogP contribution is 2.27. The largest absolute Gasteiger partial charge is 0.290 e. The molecule has 0 bridgehead atoms. The van der Waals surface area contributed by atoms with E-state index in [1.807, 2.05) is 12.1 Å². The van der Waals surface area contributed by atoms with Crippen LogP contribution in [0.5, 0.6) is 0 Å². The molecule has 1 aromatic rings. The van der Waals surface area contributed by atoms with Gasteiger partial charge in [-0.05, 0) is 12.1 Å². The minimum atomic E-state index is -0.343. The first-order chi connectivity index (χ1) is 5.79. The summed E-state index contributed by atoms with van der Waals surface area (Å²) in [6, 6.07) is 7.21. The van der Waals surface area contributed by atoms with Crippen LogP contribution in [0.1, 0.15) is 10.4 Å². The average molecular weight is 178 g/mol. The van der Waals surface area contributed by atoms with Crippen molar-refractivity contribution in [3.8, 4) is 0 Å². The minimum absolute atomic E-state index is 0.288. The van der Waals surface area contributed by atoms with Gasteiger partial charge in [-0.15, -0.1) is 11.8 Å². The monoisotopic (exact) mass is 178 g/mol. The normalized spacial score (nSPS) is 16.0. The summed E-state index contributed by atoms with van der Waals surface area (Å²) in [6.07, 6.45) is 0. The number of carbonyl (C=O) groups excluding carboxylic acids is 2. The number of hydrogen-bond donors (Lipinski definition) is 0. The molecular formula is C9H6O2S. The second-order valence-corrected chi connectivity index (χ2v) is 3.55. The first kappa shape index (κ1) is 7.55. The van der Waals surface area contributed by atoms with Crippen LogP contribution in [0.2, 0.25) is 0 Å². The zero-order valence-corrected chi connectivity index (χ0v) is 7.06. The van der Waals surface area contributed by atoms with Crippen LogP contribution in [-0.2, 0) is 4.79 Å². The Labute approximate surface area is 74.0 Å². The van der Waals surface area contributed by atoms with Gasteiger partial charge in [0.2, 0.25) is 11.6 Å². The molecule has 2 rings (SSSR count). The molecule has 0 amide bonds. The molecule has 12 heavy (non-hydrogen) atoms. The number of fused-ring (bicyclic) bond motifs is 1. The zero-order chi connectivity index (χ0) is 8.55. The standard InChI is InChI=1S/C9H6O2S/c10-7-5-12-8-4-2-1-3-6(8)9(7)11/h1-4H,5H2. The molecule has 0 aromatic heterocycles. The van der Waals surface area contributed by atoms with Gasteiger partial charge in [0, 0.05) is 10.5 Å². The maximum atomic E-state index is 11.3. The summed E-state index contributed by atoms with van der Waals surface area (Å²) in [7, 11) is 0. The minimum Gasteiger partial charge on any atom is -0.290 e. The third kappa shape index (κ3) is 1.06. The van der Waals surface area contributed by atoms with Crippen molar-refractivity contribution in [1.82, 2.24) is 0 Å². The van der Waals surface area contributed by atoms with E-state index in [1.54, 1.807) is 12.1 Å². The fraction of sp³-hybridized carbons (Fsp3) is 0.111. The lowest BCUT2D eigenvalue weighted by Crippen LogP contribution is -2.21. The zero-order valence-electron chi connectivity index (χ0n) is 6.24. The number of rotatable bonds is 0. The summed E-state index contributed by atoms with van der Waals surface area (Å²) < 4.78 is 0. The maximum Gasteiger partial charge on any atom is 0.230 e. The quantitative estimate of drug-likeness (QED) is 0.565. The molecule has 60 valence electrons. The van der Waals surface area contributed by atoms with Crippen LogP contribution in [0.3, 0.4) is 0 Å². The number of Topliss-reactive ketones (excluding diaryl/α,β-unsaturated/α-hetero) is 2. The smallest absolute Gasteiger partial charge is 0.230 e. The lowest BCUT2D eigenvalue weighted by atomic mass is 10.1. The molecule has 3 heteroatoms. The lowest BCUT2D eigenvalue weighted by Gasteiger charge is -2.11. The molecule has 2 nitrogen and oxygen atoms in total. The van der Waals surface area contributed by atoms with Crippen molar-refractivity contribution in [2.45, 2.75) is 4.90 Å². The Morgan fingerprint density at radius 2 is 1.92 bits per heavy atom. The molecular weight excluding hydrogens is 172 g/mol. The maximum absolute atomic E-state index is 11.3. The Balaban J connectivity index is 2.56. The molecule has 1 aliphatic rings. The van der Waals surface area contributed by atoms with Gasteiger partial charge in [0.15, 0.2) is 0 Å². The molecule has 1 heterocycles. The summed E-state index contributed by atoms with van der Waals surface area (Å²) >= 11 is 1.43. The van der Waals surface area contributed by atoms with E-state index in [2.05, 4.69) is 0 Å². The van der Waals surface area contributed by atoms with Crippen molar-refractivity contribution in [2.75, 3.05) is 5.75 Å². The number of carbonyl (C=O) groups is 2. The summed E-state index contributed by atoms with van der Waals surface area (Å²) in [5, 5.41) is 0. The van der Waals surface area contributed by atoms with Crippen LogP contribution >= 0.6 is 11.8 Å². The van der Waals surface area contributed by atoms with Crippen LogP contribution < -0.4 is 0 Å². The van der Waals surface area contributed by atoms with Crippen LogP contribution in [0.15, 0.2) is 29.2 Å². The van der Waals surface area contributed by atoms with Gasteiger partial charge in [0.25, 0.3) is 0 Å². The van der Waals surface area contributed by atoms with Crippen LogP contribution in [0.25, 0.3) is 0 Å². The van der Waals surface area contributed by atoms with Crippen LogP contribution in [0, 0.1) is 0 Å². The molecule has 0 unspecified atom stereocenters. The Bertz CT molecular complexity index is 357. The van der Waals surface area contributed by atoms with Crippen molar-refractivity contribution >= 4 is 23.3 Å². The SMILES string of the molecule is O=C1CSc2ccccc2C1=O. The number of ketones is 2. The van der Waals surface area contributed by atoms with E-state index in [0.29, 0.717) is 5.56 Å². The first-order valence-corrected chi connectivity index (χ1v) is 4.57. The highest BCUT2D eigenvalue weighted by Gasteiger charge is 2.24. The summed E-state index contributed by atoms with van der Waals surface area (Å²) in [6.45, 7) is 0. The second kappa shape index (κ2) is 2.75. The average Bonchev–Trinajstić information content (AvgIpc) is 2.12. The molecule has 0 fully saturated rings. The van der Waals surface area contributed by atoms with E-state index < -0.39 is 0 Å². The van der Waals surface area contributed by atoms with Crippen molar-refractivity contribution in [1.29, 1.82) is 0 Å². The molecule has 0 aliphatic carbocycles. The molecule has 1 aliphatic heterocycles. The molecule has 0 saturated heterocycles. The van der Waals surface area contributed by atoms with Crippen LogP contribution in [-0.4, -0.2) is 17.3 Å². The number of hydrogen-bond acceptors (Lipinski definition) is 3. The fourth-order valence-corrected chi connectivity index (χ4v) is 2.05. The topological polar surface area (TPSA) is 34.1 Å². The fourth-order valence-electron chi connectivity index (χ4n) is 1.14. The third-order valence-corrected chi connectivity index (χ3v) is 2.82. The predicted octanol–water partition coefficient (Wildman–Crippen LogP) is 1.54. The Kier molecular flexibility index (Phi) is 1.73. The molecule has 0 saturated carbocycles. The van der Waals surface area contributed by atoms with E-state index in [1.165, 1.54) is 11.8 Å². The predicted molar refractivity (Wildman–Crippen MR) is 46.5 cm³/mol. The summed E-state index contributed by atoms with van der Waals surface area (Å²) in [4.78, 5) is 23.2. The third-order valence-electron chi connectivity index (χ3n) is 1.74. The highest BCUT2D eigenvalue weighted by atomic mass is 32.2. The van der Waals surface area contributed by atoms with Crippen molar-refractivity contribution in [3.63, 3.8) is 0 Å². The lowest BCUT2D eigenvalue weighted by molar-refractivity contribution is -0.112. The van der Waals surface area contributed by atoms with Crippen molar-refractivity contribution in [3.05, 3.63) is 29.8 Å². The number of thioether (sulfide) groups is 1. The van der Waals surface area contributed by atoms with Gasteiger partial charge in [-0.1, -0.05) is 12.1 Å². The molecule has 0 atom stereocenters. The van der Waals surface area contributed by atoms with Crippen molar-refractivity contribution < 1.29 is 9.59 Å². The van der Waals surface area contributed by atoms with Crippen LogP contribution in [0.4, 0.5) is 0 Å². The summed E-state index contributed by atoms with van der Waals surface area (Å²) in [5.41, 5.74) is 0.554. The number of benzene rings is 1. The van der Waals surface area contributed by atoms with Gasteiger partial charge in [0.05, 0.1) is 5.75 Å². The van der Waals surface area contributed by atoms with Crippen molar-refractivity contribution in [2.24, 2.45) is 0 Å². The van der Waals surface area contributed by atoms with Gasteiger partial charge in [0.1, 0.15) is 0 Å². The van der Waals surface area contributed by atoms with E-state index >= 15 is 0 Å². The van der Waals surface area contributed by atoms with E-state index in [-0.39, 0.29) is 17.3 Å². The molecule has 0 N–H and O–H groups in total. The van der Waals surface area contributed by atoms with Gasteiger partial charge < -0.3 is 0 Å². The van der Waals surface area contributed by atoms with E-state index in [0.717, 1.165) is 4.90 Å². The summed E-state index contributed by atoms with van der Waals surface area (Å²) in [5.74, 6) is -0.349. The van der Waals surface area contributed by atoms with E-state index in [9.17, 15) is 9.59 Å². The second-order valence-electron chi connectivity index (χ2n) is 2.54. The van der Waals surface area contributed by atoms with Gasteiger partial charge in [-0.25, -0.2) is 0 Å². The molecule has 0 radical (unpaired) electrons. The molecule has 1 aromatic carbocycles. The van der Waals surface area contributed by atoms with E-state index in [4.69, 9.17) is 0 Å². The Morgan fingerprint density at radius 3 is 2.75 bits per heavy atom. The van der Waals surface area contributed by atoms with Gasteiger partial charge in [-0.2, -0.15) is 0 Å². The first-order valence-electron chi connectivity index (χ1n) is 3.58. The van der Waals surface area contributed by atoms with Gasteiger partial charge >= 0.3 is 0 Å². The van der Waals surface area contributed by atoms with Gasteiger partial charge in [-0.3, -0.25) is 9.59 Å². The Morgan fingerprint density at radius 1 is 1.17 bits per heavy atom.